The van der Waals surface area contributed by atoms with E-state index in [1.807, 2.05) is 12.1 Å². The van der Waals surface area contributed by atoms with Gasteiger partial charge in [-0.1, -0.05) is 55.2 Å². The van der Waals surface area contributed by atoms with Crippen molar-refractivity contribution in [3.8, 4) is 5.75 Å². The number of aliphatic hydroxyl groups excluding tert-OH is 1. The van der Waals surface area contributed by atoms with E-state index in [2.05, 4.69) is 24.6 Å². The van der Waals surface area contributed by atoms with Crippen molar-refractivity contribution in [1.29, 1.82) is 0 Å². The number of amides is 1. The number of aryl methyl sites for hydroxylation is 1. The number of aromatic nitrogens is 1. The first-order chi connectivity index (χ1) is 17.0. The highest BCUT2D eigenvalue weighted by Gasteiger charge is 2.46. The second-order valence-electron chi connectivity index (χ2n) is 7.97. The Labute approximate surface area is 210 Å². The molecule has 1 aliphatic rings. The summed E-state index contributed by atoms with van der Waals surface area (Å²) >= 11 is 2.63. The number of rotatable bonds is 8. The van der Waals surface area contributed by atoms with Gasteiger partial charge in [-0.05, 0) is 53.3 Å². The standard InChI is InChI=1S/C27H22N2O4S2/c1-3-13-33-18-10-8-17(9-11-18)23-22(24(30)20-6-5-14-34-20)25(31)26(32)29(23)27-28-19-12-7-16(4-2)15-21(19)35-27/h3,5-12,14-15,23,31H,1,4,13H2,2H3/t23-/m1/s1. The number of carbonyl (C=O) groups is 2. The first-order valence-corrected chi connectivity index (χ1v) is 12.8. The Morgan fingerprint density at radius 2 is 2.03 bits per heavy atom. The Kier molecular flexibility index (Phi) is 6.23. The molecule has 3 heterocycles. The Morgan fingerprint density at radius 1 is 1.23 bits per heavy atom. The third kappa shape index (κ3) is 4.15. The number of benzene rings is 2. The molecule has 176 valence electrons. The monoisotopic (exact) mass is 502 g/mol. The van der Waals surface area contributed by atoms with E-state index in [4.69, 9.17) is 4.74 Å². The zero-order valence-electron chi connectivity index (χ0n) is 18.9. The zero-order chi connectivity index (χ0) is 24.5. The molecular formula is C27H22N2O4S2. The number of thiazole rings is 1. The van der Waals surface area contributed by atoms with Crippen molar-refractivity contribution in [3.63, 3.8) is 0 Å². The third-order valence-corrected chi connectivity index (χ3v) is 7.70. The van der Waals surface area contributed by atoms with Crippen LogP contribution in [0.15, 0.2) is 84.0 Å². The summed E-state index contributed by atoms with van der Waals surface area (Å²) in [7, 11) is 0. The van der Waals surface area contributed by atoms with Crippen LogP contribution in [0.25, 0.3) is 10.2 Å². The second-order valence-corrected chi connectivity index (χ2v) is 9.92. The second kappa shape index (κ2) is 9.48. The van der Waals surface area contributed by atoms with Crippen LogP contribution in [0.5, 0.6) is 5.75 Å². The summed E-state index contributed by atoms with van der Waals surface area (Å²) in [6.45, 7) is 6.10. The zero-order valence-corrected chi connectivity index (χ0v) is 20.6. The molecule has 8 heteroatoms. The lowest BCUT2D eigenvalue weighted by Crippen LogP contribution is -2.30. The molecule has 35 heavy (non-hydrogen) atoms. The van der Waals surface area contributed by atoms with Crippen LogP contribution in [0.2, 0.25) is 0 Å². The molecule has 1 aliphatic heterocycles. The lowest BCUT2D eigenvalue weighted by atomic mass is 9.95. The van der Waals surface area contributed by atoms with Crippen LogP contribution in [0.1, 0.15) is 33.8 Å². The Bertz CT molecular complexity index is 1450. The molecule has 0 saturated carbocycles. The summed E-state index contributed by atoms with van der Waals surface area (Å²) in [6, 6.07) is 15.8. The summed E-state index contributed by atoms with van der Waals surface area (Å²) in [6.07, 6.45) is 2.54. The molecule has 2 aromatic carbocycles. The topological polar surface area (TPSA) is 79.7 Å². The molecule has 0 aliphatic carbocycles. The molecule has 1 atom stereocenters. The fraction of sp³-hybridized carbons (Fsp3) is 0.148. The fourth-order valence-electron chi connectivity index (χ4n) is 4.07. The number of nitrogens with zero attached hydrogens (tertiary/aromatic N) is 2. The van der Waals surface area contributed by atoms with Gasteiger partial charge in [0.25, 0.3) is 5.91 Å². The molecule has 2 aromatic heterocycles. The molecule has 6 nitrogen and oxygen atoms in total. The predicted octanol–water partition coefficient (Wildman–Crippen LogP) is 6.27. The van der Waals surface area contributed by atoms with Gasteiger partial charge >= 0.3 is 0 Å². The van der Waals surface area contributed by atoms with E-state index in [1.54, 1.807) is 47.9 Å². The normalized spacial score (nSPS) is 15.7. The van der Waals surface area contributed by atoms with Gasteiger partial charge in [-0.15, -0.1) is 11.3 Å². The van der Waals surface area contributed by atoms with Crippen LogP contribution < -0.4 is 9.64 Å². The molecule has 0 radical (unpaired) electrons. The minimum Gasteiger partial charge on any atom is -0.503 e. The number of carbonyl (C=O) groups excluding carboxylic acids is 2. The minimum absolute atomic E-state index is 0.0470. The first kappa shape index (κ1) is 23.0. The van der Waals surface area contributed by atoms with Crippen molar-refractivity contribution >= 4 is 49.7 Å². The molecule has 4 aromatic rings. The van der Waals surface area contributed by atoms with Crippen molar-refractivity contribution < 1.29 is 19.4 Å². The summed E-state index contributed by atoms with van der Waals surface area (Å²) in [5.74, 6) is -0.929. The average molecular weight is 503 g/mol. The van der Waals surface area contributed by atoms with Gasteiger partial charge in [-0.2, -0.15) is 0 Å². The number of anilines is 1. The van der Waals surface area contributed by atoms with Gasteiger partial charge in [-0.25, -0.2) is 4.98 Å². The van der Waals surface area contributed by atoms with Crippen molar-refractivity contribution in [3.05, 3.63) is 100.0 Å². The van der Waals surface area contributed by atoms with E-state index in [-0.39, 0.29) is 11.4 Å². The Hall–Kier alpha value is -3.75. The first-order valence-electron chi connectivity index (χ1n) is 11.1. The molecule has 5 rings (SSSR count). The van der Waals surface area contributed by atoms with Crippen LogP contribution in [-0.4, -0.2) is 28.4 Å². The molecule has 1 amide bonds. The van der Waals surface area contributed by atoms with Crippen molar-refractivity contribution in [2.75, 3.05) is 11.5 Å². The number of hydrogen-bond donors (Lipinski definition) is 1. The van der Waals surface area contributed by atoms with Crippen LogP contribution in [0, 0.1) is 0 Å². The highest BCUT2D eigenvalue weighted by Crippen LogP contribution is 2.44. The molecule has 0 bridgehead atoms. The number of aliphatic hydroxyl groups is 1. The minimum atomic E-state index is -0.822. The van der Waals surface area contributed by atoms with Gasteiger partial charge in [0.05, 0.1) is 26.7 Å². The molecule has 0 unspecified atom stereocenters. The number of thiophene rings is 1. The molecule has 0 fully saturated rings. The maximum atomic E-state index is 13.4. The third-order valence-electron chi connectivity index (χ3n) is 5.82. The number of hydrogen-bond acceptors (Lipinski definition) is 7. The quantitative estimate of drug-likeness (QED) is 0.227. The van der Waals surface area contributed by atoms with Gasteiger partial charge in [0.1, 0.15) is 12.4 Å². The van der Waals surface area contributed by atoms with Crippen molar-refractivity contribution in [2.45, 2.75) is 19.4 Å². The fourth-order valence-corrected chi connectivity index (χ4v) is 5.81. The van der Waals surface area contributed by atoms with E-state index in [0.29, 0.717) is 27.9 Å². The highest BCUT2D eigenvalue weighted by atomic mass is 32.1. The number of Topliss-reactive ketones (excluding diaryl/α,β-unsaturated/α-hetero) is 1. The number of ether oxygens (including phenoxy) is 1. The molecular weight excluding hydrogens is 480 g/mol. The van der Waals surface area contributed by atoms with Gasteiger partial charge < -0.3 is 9.84 Å². The highest BCUT2D eigenvalue weighted by molar-refractivity contribution is 7.22. The van der Waals surface area contributed by atoms with E-state index < -0.39 is 17.7 Å². The summed E-state index contributed by atoms with van der Waals surface area (Å²) < 4.78 is 6.53. The lowest BCUT2D eigenvalue weighted by molar-refractivity contribution is -0.117. The summed E-state index contributed by atoms with van der Waals surface area (Å²) in [4.78, 5) is 33.4. The van der Waals surface area contributed by atoms with Crippen LogP contribution in [-0.2, 0) is 11.2 Å². The number of fused-ring (bicyclic) bond motifs is 1. The SMILES string of the molecule is C=CCOc1ccc([C@@H]2C(C(=O)c3cccs3)=C(O)C(=O)N2c2nc3ccc(CC)cc3s2)cc1. The van der Waals surface area contributed by atoms with E-state index in [1.165, 1.54) is 33.1 Å². The van der Waals surface area contributed by atoms with Crippen LogP contribution in [0.4, 0.5) is 5.13 Å². The van der Waals surface area contributed by atoms with Crippen molar-refractivity contribution in [1.82, 2.24) is 4.98 Å². The van der Waals surface area contributed by atoms with E-state index in [9.17, 15) is 14.7 Å². The molecule has 1 N–H and O–H groups in total. The smallest absolute Gasteiger partial charge is 0.296 e. The predicted molar refractivity (Wildman–Crippen MR) is 140 cm³/mol. The van der Waals surface area contributed by atoms with Crippen LogP contribution >= 0.6 is 22.7 Å². The van der Waals surface area contributed by atoms with Gasteiger partial charge in [0.15, 0.2) is 10.9 Å². The van der Waals surface area contributed by atoms with Gasteiger partial charge in [0.2, 0.25) is 5.78 Å². The Balaban J connectivity index is 1.62. The van der Waals surface area contributed by atoms with E-state index >= 15 is 0 Å². The summed E-state index contributed by atoms with van der Waals surface area (Å²) in [5, 5.41) is 13.1. The summed E-state index contributed by atoms with van der Waals surface area (Å²) in [5.41, 5.74) is 2.65. The van der Waals surface area contributed by atoms with Crippen molar-refractivity contribution in [2.24, 2.45) is 0 Å². The molecule has 0 spiro atoms. The average Bonchev–Trinajstić information content (AvgIpc) is 3.61. The lowest BCUT2D eigenvalue weighted by Gasteiger charge is -2.24. The molecule has 0 saturated heterocycles. The maximum Gasteiger partial charge on any atom is 0.296 e. The van der Waals surface area contributed by atoms with Gasteiger partial charge in [-0.3, -0.25) is 14.5 Å². The van der Waals surface area contributed by atoms with E-state index in [0.717, 1.165) is 16.6 Å². The maximum absolute atomic E-state index is 13.4. The largest absolute Gasteiger partial charge is 0.503 e. The Morgan fingerprint density at radius 3 is 2.71 bits per heavy atom. The number of ketones is 1. The van der Waals surface area contributed by atoms with Crippen LogP contribution in [0.3, 0.4) is 0 Å². The van der Waals surface area contributed by atoms with Gasteiger partial charge in [0, 0.05) is 0 Å².